The fraction of sp³-hybridized carbons (Fsp3) is 0.929. The number of urea groups is 1. The van der Waals surface area contributed by atoms with Gasteiger partial charge in [-0.1, -0.05) is 12.8 Å². The Hall–Kier alpha value is -1.02. The van der Waals surface area contributed by atoms with Crippen molar-refractivity contribution in [3.63, 3.8) is 0 Å². The van der Waals surface area contributed by atoms with E-state index in [-0.39, 0.29) is 12.7 Å². The van der Waals surface area contributed by atoms with Gasteiger partial charge in [-0.25, -0.2) is 4.79 Å². The highest BCUT2D eigenvalue weighted by Gasteiger charge is 2.46. The summed E-state index contributed by atoms with van der Waals surface area (Å²) in [6.07, 6.45) is -1.51. The highest BCUT2D eigenvalue weighted by Crippen LogP contribution is 2.35. The summed E-state index contributed by atoms with van der Waals surface area (Å²) in [6.45, 7) is 0.762. The lowest BCUT2D eigenvalue weighted by Gasteiger charge is -2.32. The standard InChI is InChI=1S/C14H23F3N2O3/c1-21-11-6-7-22-8-10(11)18-13(20)19-12(14(15,16)17)9-4-2-3-5-9/h9-12H,2-8H2,1H3,(H2,18,19,20)/t10-,11-,12?/m0/s1. The number of alkyl halides is 3. The first-order valence-corrected chi connectivity index (χ1v) is 7.66. The van der Waals surface area contributed by atoms with E-state index in [0.29, 0.717) is 25.9 Å². The summed E-state index contributed by atoms with van der Waals surface area (Å²) in [5.41, 5.74) is 0. The number of nitrogens with one attached hydrogen (secondary N) is 2. The van der Waals surface area contributed by atoms with E-state index in [1.54, 1.807) is 0 Å². The Morgan fingerprint density at radius 2 is 1.95 bits per heavy atom. The molecule has 2 rings (SSSR count). The van der Waals surface area contributed by atoms with Crippen LogP contribution in [0, 0.1) is 5.92 Å². The molecule has 1 heterocycles. The highest BCUT2D eigenvalue weighted by atomic mass is 19.4. The lowest BCUT2D eigenvalue weighted by molar-refractivity contribution is -0.164. The minimum absolute atomic E-state index is 0.240. The summed E-state index contributed by atoms with van der Waals surface area (Å²) >= 11 is 0. The van der Waals surface area contributed by atoms with Crippen molar-refractivity contribution in [1.29, 1.82) is 0 Å². The van der Waals surface area contributed by atoms with Gasteiger partial charge < -0.3 is 20.1 Å². The van der Waals surface area contributed by atoms with Gasteiger partial charge in [-0.05, 0) is 25.2 Å². The van der Waals surface area contributed by atoms with Crippen LogP contribution in [-0.2, 0) is 9.47 Å². The summed E-state index contributed by atoms with van der Waals surface area (Å²) in [7, 11) is 1.51. The fourth-order valence-electron chi connectivity index (χ4n) is 3.24. The van der Waals surface area contributed by atoms with E-state index < -0.39 is 30.2 Å². The number of rotatable bonds is 4. The zero-order valence-corrected chi connectivity index (χ0v) is 12.6. The Morgan fingerprint density at radius 3 is 2.55 bits per heavy atom. The molecule has 22 heavy (non-hydrogen) atoms. The van der Waals surface area contributed by atoms with Crippen LogP contribution < -0.4 is 10.6 Å². The van der Waals surface area contributed by atoms with Crippen LogP contribution in [0.4, 0.5) is 18.0 Å². The van der Waals surface area contributed by atoms with Crippen LogP contribution in [0.5, 0.6) is 0 Å². The van der Waals surface area contributed by atoms with Crippen LogP contribution in [0.2, 0.25) is 0 Å². The van der Waals surface area contributed by atoms with Crippen LogP contribution in [0.1, 0.15) is 32.1 Å². The topological polar surface area (TPSA) is 59.6 Å². The van der Waals surface area contributed by atoms with E-state index in [9.17, 15) is 18.0 Å². The van der Waals surface area contributed by atoms with Crippen molar-refractivity contribution in [3.05, 3.63) is 0 Å². The van der Waals surface area contributed by atoms with Gasteiger partial charge in [-0.2, -0.15) is 13.2 Å². The van der Waals surface area contributed by atoms with E-state index >= 15 is 0 Å². The minimum atomic E-state index is -4.43. The number of hydrogen-bond donors (Lipinski definition) is 2. The maximum absolute atomic E-state index is 13.2. The summed E-state index contributed by atoms with van der Waals surface area (Å²) in [4.78, 5) is 12.0. The molecule has 2 aliphatic rings. The predicted octanol–water partition coefficient (Wildman–Crippen LogP) is 2.21. The molecule has 0 radical (unpaired) electrons. The zero-order chi connectivity index (χ0) is 16.2. The molecule has 0 aromatic heterocycles. The molecule has 1 aliphatic carbocycles. The van der Waals surface area contributed by atoms with E-state index in [2.05, 4.69) is 10.6 Å². The van der Waals surface area contributed by atoms with Crippen molar-refractivity contribution in [3.8, 4) is 0 Å². The molecule has 0 aromatic carbocycles. The second-order valence-electron chi connectivity index (χ2n) is 5.93. The van der Waals surface area contributed by atoms with Gasteiger partial charge >= 0.3 is 12.2 Å². The van der Waals surface area contributed by atoms with Crippen molar-refractivity contribution in [2.45, 2.75) is 56.5 Å². The molecule has 128 valence electrons. The first-order chi connectivity index (χ1) is 10.4. The number of halogens is 3. The summed E-state index contributed by atoms with van der Waals surface area (Å²) in [5, 5.41) is 4.65. The fourth-order valence-corrected chi connectivity index (χ4v) is 3.24. The second-order valence-corrected chi connectivity index (χ2v) is 5.93. The maximum atomic E-state index is 13.2. The van der Waals surface area contributed by atoms with Crippen LogP contribution in [0.3, 0.4) is 0 Å². The lowest BCUT2D eigenvalue weighted by Crippen LogP contribution is -2.58. The monoisotopic (exact) mass is 324 g/mol. The molecule has 1 saturated carbocycles. The zero-order valence-electron chi connectivity index (χ0n) is 12.6. The number of ether oxygens (including phenoxy) is 2. The van der Waals surface area contributed by atoms with Crippen molar-refractivity contribution >= 4 is 6.03 Å². The molecule has 2 fully saturated rings. The van der Waals surface area contributed by atoms with Gasteiger partial charge in [-0.3, -0.25) is 0 Å². The Kier molecular flexibility index (Phi) is 5.91. The average molecular weight is 324 g/mol. The molecule has 1 saturated heterocycles. The Morgan fingerprint density at radius 1 is 1.27 bits per heavy atom. The third-order valence-corrected chi connectivity index (χ3v) is 4.42. The van der Waals surface area contributed by atoms with Crippen molar-refractivity contribution in [2.24, 2.45) is 5.92 Å². The van der Waals surface area contributed by atoms with Crippen LogP contribution in [0.25, 0.3) is 0 Å². The first kappa shape index (κ1) is 17.3. The smallest absolute Gasteiger partial charge is 0.379 e. The summed E-state index contributed by atoms with van der Waals surface area (Å²) < 4.78 is 50.0. The predicted molar refractivity (Wildman–Crippen MR) is 73.5 cm³/mol. The Bertz CT molecular complexity index is 373. The van der Waals surface area contributed by atoms with Gasteiger partial charge in [-0.15, -0.1) is 0 Å². The number of amides is 2. The third kappa shape index (κ3) is 4.49. The Labute approximate surface area is 127 Å². The van der Waals surface area contributed by atoms with Gasteiger partial charge in [0.2, 0.25) is 0 Å². The molecule has 2 amide bonds. The van der Waals surface area contributed by atoms with Crippen LogP contribution >= 0.6 is 0 Å². The van der Waals surface area contributed by atoms with E-state index in [1.807, 2.05) is 0 Å². The normalized spacial score (nSPS) is 28.4. The van der Waals surface area contributed by atoms with Gasteiger partial charge in [0.1, 0.15) is 6.04 Å². The average Bonchev–Trinajstić information content (AvgIpc) is 2.98. The molecule has 1 unspecified atom stereocenters. The van der Waals surface area contributed by atoms with Gasteiger partial charge in [0.15, 0.2) is 0 Å². The first-order valence-electron chi connectivity index (χ1n) is 7.66. The van der Waals surface area contributed by atoms with E-state index in [4.69, 9.17) is 9.47 Å². The molecule has 2 N–H and O–H groups in total. The highest BCUT2D eigenvalue weighted by molar-refractivity contribution is 5.74. The molecular weight excluding hydrogens is 301 g/mol. The largest absolute Gasteiger partial charge is 0.408 e. The SMILES string of the molecule is CO[C@H]1CCOC[C@@H]1NC(=O)NC(C1CCCC1)C(F)(F)F. The number of carbonyl (C=O) groups excluding carboxylic acids is 1. The third-order valence-electron chi connectivity index (χ3n) is 4.42. The number of carbonyl (C=O) groups is 1. The molecule has 8 heteroatoms. The number of hydrogen-bond acceptors (Lipinski definition) is 3. The summed E-state index contributed by atoms with van der Waals surface area (Å²) in [6, 6.07) is -3.04. The molecule has 5 nitrogen and oxygen atoms in total. The number of methoxy groups -OCH3 is 1. The van der Waals surface area contributed by atoms with Gasteiger partial charge in [0, 0.05) is 13.7 Å². The van der Waals surface area contributed by atoms with Crippen molar-refractivity contribution in [2.75, 3.05) is 20.3 Å². The van der Waals surface area contributed by atoms with E-state index in [0.717, 1.165) is 12.8 Å². The second kappa shape index (κ2) is 7.50. The van der Waals surface area contributed by atoms with Crippen molar-refractivity contribution in [1.82, 2.24) is 10.6 Å². The van der Waals surface area contributed by atoms with Crippen LogP contribution in [-0.4, -0.2) is 50.7 Å². The lowest BCUT2D eigenvalue weighted by atomic mass is 9.98. The van der Waals surface area contributed by atoms with Crippen molar-refractivity contribution < 1.29 is 27.4 Å². The maximum Gasteiger partial charge on any atom is 0.408 e. The Balaban J connectivity index is 1.92. The molecular formula is C14H23F3N2O3. The van der Waals surface area contributed by atoms with E-state index in [1.165, 1.54) is 7.11 Å². The summed E-state index contributed by atoms with van der Waals surface area (Å²) in [5.74, 6) is -0.536. The molecule has 0 spiro atoms. The quantitative estimate of drug-likeness (QED) is 0.833. The van der Waals surface area contributed by atoms with Gasteiger partial charge in [0.25, 0.3) is 0 Å². The molecule has 3 atom stereocenters. The van der Waals surface area contributed by atoms with Crippen LogP contribution in [0.15, 0.2) is 0 Å². The molecule has 0 bridgehead atoms. The molecule has 1 aliphatic heterocycles. The minimum Gasteiger partial charge on any atom is -0.379 e. The molecule has 0 aromatic rings. The van der Waals surface area contributed by atoms with Gasteiger partial charge in [0.05, 0.1) is 18.8 Å².